The second kappa shape index (κ2) is 10.3. The van der Waals surface area contributed by atoms with Gasteiger partial charge in [-0.05, 0) is 66.5 Å². The molecule has 0 amide bonds. The topological polar surface area (TPSA) is 102 Å². The molecule has 10 atom stereocenters. The number of benzene rings is 2. The summed E-state index contributed by atoms with van der Waals surface area (Å²) in [6, 6.07) is 15.1. The Morgan fingerprint density at radius 2 is 1.84 bits per heavy atom. The molecule has 2 aromatic rings. The van der Waals surface area contributed by atoms with E-state index in [1.807, 2.05) is 67.6 Å². The molecule has 45 heavy (non-hydrogen) atoms. The van der Waals surface area contributed by atoms with Gasteiger partial charge in [0, 0.05) is 28.0 Å². The van der Waals surface area contributed by atoms with E-state index >= 15 is 8.78 Å². The van der Waals surface area contributed by atoms with Gasteiger partial charge in [-0.15, -0.1) is 0 Å². The number of ketones is 1. The summed E-state index contributed by atoms with van der Waals surface area (Å²) in [5.41, 5.74) is 3.70. The zero-order valence-electron chi connectivity index (χ0n) is 25.5. The van der Waals surface area contributed by atoms with Crippen molar-refractivity contribution >= 4 is 23.6 Å². The highest BCUT2D eigenvalue weighted by Crippen LogP contribution is 2.72. The van der Waals surface area contributed by atoms with Crippen molar-refractivity contribution in [3.05, 3.63) is 101 Å². The third kappa shape index (κ3) is 4.08. The number of Topliss-reactive ketones (excluding diaryl/α,β-unsaturated/α-hetero) is 1. The van der Waals surface area contributed by atoms with Crippen LogP contribution in [0.4, 0.5) is 14.5 Å². The number of halogens is 2. The zero-order chi connectivity index (χ0) is 31.9. The molecule has 1 heterocycles. The Morgan fingerprint density at radius 1 is 1.11 bits per heavy atom. The minimum atomic E-state index is -2.18. The third-order valence-corrected chi connectivity index (χ3v) is 11.6. The Kier molecular flexibility index (Phi) is 6.91. The van der Waals surface area contributed by atoms with Crippen LogP contribution in [-0.4, -0.2) is 52.3 Å². The van der Waals surface area contributed by atoms with Crippen LogP contribution in [0, 0.1) is 22.7 Å². The van der Waals surface area contributed by atoms with Crippen LogP contribution in [0.3, 0.4) is 0 Å². The number of carbonyl (C=O) groups is 1. The van der Waals surface area contributed by atoms with Crippen LogP contribution >= 0.6 is 0 Å². The number of ether oxygens (including phenoxy) is 2. The lowest BCUT2D eigenvalue weighted by Gasteiger charge is -2.63. The molecule has 5 aliphatic rings. The number of nitrogen functional groups attached to an aromatic ring is 1. The fourth-order valence-electron chi connectivity index (χ4n) is 9.41. The summed E-state index contributed by atoms with van der Waals surface area (Å²) in [6.07, 6.45) is 4.14. The van der Waals surface area contributed by atoms with Gasteiger partial charge >= 0.3 is 0 Å². The molecule has 7 rings (SSSR count). The molecule has 1 saturated heterocycles. The molecule has 236 valence electrons. The summed E-state index contributed by atoms with van der Waals surface area (Å²) in [5, 5.41) is 21.9. The van der Waals surface area contributed by atoms with Crippen LogP contribution in [0.25, 0.3) is 12.2 Å². The second-order valence-corrected chi connectivity index (χ2v) is 13.8. The van der Waals surface area contributed by atoms with Gasteiger partial charge in [-0.2, -0.15) is 0 Å². The highest BCUT2D eigenvalue weighted by atomic mass is 19.1. The summed E-state index contributed by atoms with van der Waals surface area (Å²) in [7, 11) is 0. The van der Waals surface area contributed by atoms with Gasteiger partial charge in [-0.25, -0.2) is 8.78 Å². The van der Waals surface area contributed by atoms with Gasteiger partial charge in [0.25, 0.3) is 0 Å². The molecule has 8 heteroatoms. The number of anilines is 1. The van der Waals surface area contributed by atoms with E-state index in [2.05, 4.69) is 6.58 Å². The van der Waals surface area contributed by atoms with Crippen LogP contribution < -0.4 is 5.73 Å². The molecule has 4 aliphatic carbocycles. The van der Waals surface area contributed by atoms with E-state index in [0.29, 0.717) is 16.8 Å². The Hall–Kier alpha value is -3.43. The van der Waals surface area contributed by atoms with Gasteiger partial charge in [-0.3, -0.25) is 4.79 Å². The van der Waals surface area contributed by atoms with Gasteiger partial charge in [-0.1, -0.05) is 80.3 Å². The largest absolute Gasteiger partial charge is 0.399 e. The van der Waals surface area contributed by atoms with Crippen LogP contribution in [-0.2, 0) is 14.3 Å². The summed E-state index contributed by atoms with van der Waals surface area (Å²) in [4.78, 5) is 13.7. The molecule has 4 fully saturated rings. The number of fused-ring (bicyclic) bond motifs is 7. The molecule has 1 aliphatic heterocycles. The first kappa shape index (κ1) is 30.2. The fourth-order valence-corrected chi connectivity index (χ4v) is 9.41. The lowest BCUT2D eigenvalue weighted by atomic mass is 9.44. The van der Waals surface area contributed by atoms with Gasteiger partial charge in [0.05, 0.1) is 12.2 Å². The molecule has 0 radical (unpaired) electrons. The van der Waals surface area contributed by atoms with Crippen LogP contribution in [0.1, 0.15) is 56.1 Å². The molecular weight excluding hydrogens is 576 g/mol. The Balaban J connectivity index is 1.20. The highest BCUT2D eigenvalue weighted by Gasteiger charge is 2.80. The predicted octanol–water partition coefficient (Wildman–Crippen LogP) is 6.07. The number of alkyl halides is 2. The number of aliphatic hydroxyl groups is 2. The summed E-state index contributed by atoms with van der Waals surface area (Å²) < 4.78 is 46.5. The smallest absolute Gasteiger partial charge is 0.193 e. The molecule has 0 bridgehead atoms. The van der Waals surface area contributed by atoms with Gasteiger partial charge < -0.3 is 25.4 Å². The summed E-state index contributed by atoms with van der Waals surface area (Å²) in [5.74, 6) is -2.03. The maximum absolute atomic E-state index is 17.6. The monoisotopic (exact) mass is 615 g/mol. The number of rotatable bonds is 5. The minimum Gasteiger partial charge on any atom is -0.399 e. The van der Waals surface area contributed by atoms with Crippen molar-refractivity contribution in [3.8, 4) is 0 Å². The fraction of sp³-hybridized carbons (Fsp3) is 0.432. The SMILES string of the molecule is C=C1C=C[C@@]2(C)C(=C1)[C@@H](F)C[C@H]1[C@@H]3C[C@H]4O[C@H](c5ccc(/C=C/c6cccc(N)c6)cc5)O[C@@]4(C(=O)CO)[C@@]3(C)C[C@H](O)[C@@]12F. The number of hydrogen-bond acceptors (Lipinski definition) is 6. The number of hydrogen-bond donors (Lipinski definition) is 3. The average molecular weight is 616 g/mol. The quantitative estimate of drug-likeness (QED) is 0.279. The first-order valence-electron chi connectivity index (χ1n) is 15.6. The number of carbonyl (C=O) groups excluding carboxylic acids is 1. The highest BCUT2D eigenvalue weighted by molar-refractivity contribution is 5.91. The van der Waals surface area contributed by atoms with Crippen molar-refractivity contribution in [2.45, 2.75) is 69.0 Å². The molecule has 0 spiro atoms. The van der Waals surface area contributed by atoms with E-state index in [1.165, 1.54) is 0 Å². The molecule has 6 nitrogen and oxygen atoms in total. The van der Waals surface area contributed by atoms with Crippen LogP contribution in [0.5, 0.6) is 0 Å². The molecule has 0 unspecified atom stereocenters. The second-order valence-electron chi connectivity index (χ2n) is 13.8. The van der Waals surface area contributed by atoms with E-state index in [0.717, 1.165) is 11.1 Å². The Labute approximate surface area is 261 Å². The number of nitrogens with two attached hydrogens (primary N) is 1. The van der Waals surface area contributed by atoms with Crippen molar-refractivity contribution in [1.82, 2.24) is 0 Å². The summed E-state index contributed by atoms with van der Waals surface area (Å²) in [6.45, 7) is 6.56. The van der Waals surface area contributed by atoms with Crippen molar-refractivity contribution in [2.24, 2.45) is 22.7 Å². The molecule has 2 aromatic carbocycles. The van der Waals surface area contributed by atoms with Crippen molar-refractivity contribution in [2.75, 3.05) is 12.3 Å². The number of aliphatic hydroxyl groups excluding tert-OH is 2. The lowest BCUT2D eigenvalue weighted by Crippen LogP contribution is -2.70. The Morgan fingerprint density at radius 3 is 2.56 bits per heavy atom. The molecule has 0 aromatic heterocycles. The Bertz CT molecular complexity index is 1650. The minimum absolute atomic E-state index is 0.106. The van der Waals surface area contributed by atoms with Crippen molar-refractivity contribution < 1.29 is 33.3 Å². The lowest BCUT2D eigenvalue weighted by molar-refractivity contribution is -0.235. The molecule has 4 N–H and O–H groups in total. The van der Waals surface area contributed by atoms with E-state index in [1.54, 1.807) is 25.2 Å². The van der Waals surface area contributed by atoms with Crippen molar-refractivity contribution in [3.63, 3.8) is 0 Å². The van der Waals surface area contributed by atoms with E-state index < -0.39 is 71.0 Å². The van der Waals surface area contributed by atoms with Gasteiger partial charge in [0.15, 0.2) is 23.3 Å². The maximum Gasteiger partial charge on any atom is 0.193 e. The normalized spacial score (nSPS) is 41.7. The van der Waals surface area contributed by atoms with Gasteiger partial charge in [0.1, 0.15) is 12.8 Å². The van der Waals surface area contributed by atoms with E-state index in [4.69, 9.17) is 15.2 Å². The summed E-state index contributed by atoms with van der Waals surface area (Å²) >= 11 is 0. The predicted molar refractivity (Wildman–Crippen MR) is 168 cm³/mol. The number of allylic oxidation sites excluding steroid dienone is 5. The maximum atomic E-state index is 17.6. The average Bonchev–Trinajstić information content (AvgIpc) is 3.52. The third-order valence-electron chi connectivity index (χ3n) is 11.6. The first-order valence-corrected chi connectivity index (χ1v) is 15.6. The first-order chi connectivity index (χ1) is 21.4. The zero-order valence-corrected chi connectivity index (χ0v) is 25.5. The molecular formula is C37H39F2NO5. The van der Waals surface area contributed by atoms with E-state index in [9.17, 15) is 15.0 Å². The molecule has 3 saturated carbocycles. The van der Waals surface area contributed by atoms with Crippen LogP contribution in [0.2, 0.25) is 0 Å². The van der Waals surface area contributed by atoms with Crippen molar-refractivity contribution in [1.29, 1.82) is 0 Å². The van der Waals surface area contributed by atoms with Gasteiger partial charge in [0.2, 0.25) is 0 Å². The van der Waals surface area contributed by atoms with E-state index in [-0.39, 0.29) is 24.8 Å². The van der Waals surface area contributed by atoms with Crippen LogP contribution in [0.15, 0.2) is 84.5 Å². The standard InChI is InChI=1S/C37H39F2NO5/c1-21-13-14-34(2)28(15-21)29(38)17-27-26-18-32-37(31(43)20-41,35(26,3)19-30(42)36(27,34)39)45-33(44-32)24-11-9-22(10-12-24)7-8-23-5-4-6-25(40)16-23/h4-16,26-27,29-30,32-33,41-42H,1,17-20,40H2,2-3H3/b8-7+/t26-,27-,29-,30-,32+,33-,34-,35-,36-,37+/m0/s1.